The Bertz CT molecular complexity index is 362. The fourth-order valence-corrected chi connectivity index (χ4v) is 1.89. The van der Waals surface area contributed by atoms with E-state index in [4.69, 9.17) is 11.6 Å². The lowest BCUT2D eigenvalue weighted by Crippen LogP contribution is -2.39. The van der Waals surface area contributed by atoms with Crippen LogP contribution in [0.3, 0.4) is 0 Å². The molecule has 2 nitrogen and oxygen atoms in total. The zero-order chi connectivity index (χ0) is 9.42. The quantitative estimate of drug-likeness (QED) is 0.674. The number of carbonyl (C=O) groups excluding carboxylic acids is 1. The van der Waals surface area contributed by atoms with Crippen molar-refractivity contribution in [2.45, 2.75) is 19.4 Å². The largest absolute Gasteiger partial charge is 0.349 e. The molecule has 68 valence electrons. The van der Waals surface area contributed by atoms with E-state index >= 15 is 0 Å². The molecule has 1 heterocycles. The van der Waals surface area contributed by atoms with E-state index in [1.165, 1.54) is 0 Å². The highest BCUT2D eigenvalue weighted by Crippen LogP contribution is 2.24. The van der Waals surface area contributed by atoms with Crippen LogP contribution < -0.4 is 5.32 Å². The SMILES string of the molecule is CC1Cc2c(Cl)cccc2C(=O)N1. The highest BCUT2D eigenvalue weighted by Gasteiger charge is 2.22. The van der Waals surface area contributed by atoms with Gasteiger partial charge in [0.25, 0.3) is 5.91 Å². The van der Waals surface area contributed by atoms with Gasteiger partial charge in [-0.3, -0.25) is 4.79 Å². The van der Waals surface area contributed by atoms with Crippen molar-refractivity contribution in [1.29, 1.82) is 0 Å². The minimum atomic E-state index is -0.0174. The molecule has 0 spiro atoms. The number of hydrogen-bond donors (Lipinski definition) is 1. The van der Waals surface area contributed by atoms with Gasteiger partial charge in [-0.2, -0.15) is 0 Å². The van der Waals surface area contributed by atoms with Gasteiger partial charge in [-0.25, -0.2) is 0 Å². The predicted molar refractivity (Wildman–Crippen MR) is 52.1 cm³/mol. The van der Waals surface area contributed by atoms with Crippen LogP contribution in [0.25, 0.3) is 0 Å². The van der Waals surface area contributed by atoms with Crippen LogP contribution in [0.2, 0.25) is 5.02 Å². The average Bonchev–Trinajstić information content (AvgIpc) is 2.07. The van der Waals surface area contributed by atoms with Crippen molar-refractivity contribution in [3.63, 3.8) is 0 Å². The summed E-state index contributed by atoms with van der Waals surface area (Å²) in [6.45, 7) is 1.98. The highest BCUT2D eigenvalue weighted by atomic mass is 35.5. The number of fused-ring (bicyclic) bond motifs is 1. The fraction of sp³-hybridized carbons (Fsp3) is 0.300. The number of amides is 1. The molecule has 1 amide bonds. The summed E-state index contributed by atoms with van der Waals surface area (Å²) in [5, 5.41) is 3.56. The standard InChI is InChI=1S/C10H10ClNO/c1-6-5-8-7(10(13)12-6)3-2-4-9(8)11/h2-4,6H,5H2,1H3,(H,12,13). The number of halogens is 1. The zero-order valence-corrected chi connectivity index (χ0v) is 8.06. The summed E-state index contributed by atoms with van der Waals surface area (Å²) in [4.78, 5) is 11.5. The van der Waals surface area contributed by atoms with Crippen molar-refractivity contribution in [1.82, 2.24) is 5.32 Å². The summed E-state index contributed by atoms with van der Waals surface area (Å²) in [6, 6.07) is 5.62. The second-order valence-electron chi connectivity index (χ2n) is 3.34. The Morgan fingerprint density at radius 2 is 2.31 bits per heavy atom. The maximum Gasteiger partial charge on any atom is 0.251 e. The molecule has 1 aromatic carbocycles. The maximum atomic E-state index is 11.5. The summed E-state index contributed by atoms with van der Waals surface area (Å²) in [6.07, 6.45) is 0.820. The normalized spacial score (nSPS) is 20.8. The third-order valence-electron chi connectivity index (χ3n) is 2.25. The van der Waals surface area contributed by atoms with Crippen LogP contribution in [-0.2, 0) is 6.42 Å². The molecule has 2 rings (SSSR count). The van der Waals surface area contributed by atoms with E-state index in [0.29, 0.717) is 10.6 Å². The molecule has 0 fully saturated rings. The van der Waals surface area contributed by atoms with Crippen molar-refractivity contribution in [2.24, 2.45) is 0 Å². The van der Waals surface area contributed by atoms with Crippen LogP contribution in [0.4, 0.5) is 0 Å². The summed E-state index contributed by atoms with van der Waals surface area (Å²) >= 11 is 5.99. The molecule has 0 bridgehead atoms. The lowest BCUT2D eigenvalue weighted by molar-refractivity contribution is 0.0929. The molecule has 0 saturated heterocycles. The van der Waals surface area contributed by atoms with Crippen LogP contribution in [0.15, 0.2) is 18.2 Å². The van der Waals surface area contributed by atoms with Crippen LogP contribution >= 0.6 is 11.6 Å². The smallest absolute Gasteiger partial charge is 0.251 e. The molecule has 1 aliphatic heterocycles. The molecule has 1 N–H and O–H groups in total. The molecule has 3 heteroatoms. The lowest BCUT2D eigenvalue weighted by Gasteiger charge is -2.23. The zero-order valence-electron chi connectivity index (χ0n) is 7.30. The van der Waals surface area contributed by atoms with E-state index in [9.17, 15) is 4.79 Å². The molecule has 1 aromatic rings. The number of hydrogen-bond acceptors (Lipinski definition) is 1. The molecule has 0 saturated carbocycles. The van der Waals surface area contributed by atoms with Crippen molar-refractivity contribution in [3.8, 4) is 0 Å². The van der Waals surface area contributed by atoms with Crippen LogP contribution in [0, 0.1) is 0 Å². The Balaban J connectivity index is 2.55. The summed E-state index contributed by atoms with van der Waals surface area (Å²) in [5.41, 5.74) is 1.69. The second-order valence-corrected chi connectivity index (χ2v) is 3.75. The van der Waals surface area contributed by atoms with E-state index < -0.39 is 0 Å². The summed E-state index contributed by atoms with van der Waals surface area (Å²) in [5.74, 6) is -0.0174. The van der Waals surface area contributed by atoms with Crippen molar-refractivity contribution < 1.29 is 4.79 Å². The first-order chi connectivity index (χ1) is 6.18. The minimum absolute atomic E-state index is 0.0174. The topological polar surface area (TPSA) is 29.1 Å². The Morgan fingerprint density at radius 1 is 1.54 bits per heavy atom. The molecular formula is C10H10ClNO. The molecule has 1 atom stereocenters. The number of rotatable bonds is 0. The van der Waals surface area contributed by atoms with Crippen molar-refractivity contribution in [3.05, 3.63) is 34.3 Å². The third kappa shape index (κ3) is 1.42. The van der Waals surface area contributed by atoms with Gasteiger partial charge < -0.3 is 5.32 Å². The molecule has 0 aliphatic carbocycles. The van der Waals surface area contributed by atoms with Gasteiger partial charge in [0.1, 0.15) is 0 Å². The molecule has 0 radical (unpaired) electrons. The first-order valence-electron chi connectivity index (χ1n) is 4.26. The van der Waals surface area contributed by atoms with Gasteiger partial charge in [0.05, 0.1) is 0 Å². The van der Waals surface area contributed by atoms with Crippen LogP contribution in [-0.4, -0.2) is 11.9 Å². The highest BCUT2D eigenvalue weighted by molar-refractivity contribution is 6.32. The Morgan fingerprint density at radius 3 is 3.08 bits per heavy atom. The van der Waals surface area contributed by atoms with Crippen molar-refractivity contribution >= 4 is 17.5 Å². The van der Waals surface area contributed by atoms with Crippen LogP contribution in [0.5, 0.6) is 0 Å². The number of benzene rings is 1. The first kappa shape index (κ1) is 8.57. The monoisotopic (exact) mass is 195 g/mol. The fourth-order valence-electron chi connectivity index (χ4n) is 1.64. The maximum absolute atomic E-state index is 11.5. The van der Waals surface area contributed by atoms with Gasteiger partial charge in [-0.15, -0.1) is 0 Å². The van der Waals surface area contributed by atoms with E-state index in [-0.39, 0.29) is 11.9 Å². The molecule has 13 heavy (non-hydrogen) atoms. The van der Waals surface area contributed by atoms with E-state index in [1.54, 1.807) is 6.07 Å². The minimum Gasteiger partial charge on any atom is -0.349 e. The van der Waals surface area contributed by atoms with Gasteiger partial charge in [0.2, 0.25) is 0 Å². The molecule has 1 aliphatic rings. The van der Waals surface area contributed by atoms with Gasteiger partial charge in [-0.05, 0) is 31.0 Å². The Hall–Kier alpha value is -1.02. The first-order valence-corrected chi connectivity index (χ1v) is 4.64. The van der Waals surface area contributed by atoms with Gasteiger partial charge >= 0.3 is 0 Å². The molecule has 0 aromatic heterocycles. The lowest BCUT2D eigenvalue weighted by atomic mass is 9.96. The van der Waals surface area contributed by atoms with Crippen molar-refractivity contribution in [2.75, 3.05) is 0 Å². The predicted octanol–water partition coefficient (Wildman–Crippen LogP) is 2.01. The van der Waals surface area contributed by atoms with Gasteiger partial charge in [-0.1, -0.05) is 17.7 Å². The summed E-state index contributed by atoms with van der Waals surface area (Å²) in [7, 11) is 0. The van der Waals surface area contributed by atoms with Gasteiger partial charge in [0.15, 0.2) is 0 Å². The van der Waals surface area contributed by atoms with E-state index in [0.717, 1.165) is 12.0 Å². The Kier molecular flexibility index (Phi) is 2.00. The van der Waals surface area contributed by atoms with Gasteiger partial charge in [0, 0.05) is 16.6 Å². The molecular weight excluding hydrogens is 186 g/mol. The third-order valence-corrected chi connectivity index (χ3v) is 2.61. The number of carbonyl (C=O) groups is 1. The van der Waals surface area contributed by atoms with E-state index in [2.05, 4.69) is 5.32 Å². The average molecular weight is 196 g/mol. The van der Waals surface area contributed by atoms with Crippen LogP contribution in [0.1, 0.15) is 22.8 Å². The second kappa shape index (κ2) is 3.04. The summed E-state index contributed by atoms with van der Waals surface area (Å²) < 4.78 is 0. The molecule has 1 unspecified atom stereocenters. The Labute approximate surface area is 81.9 Å². The number of nitrogens with one attached hydrogen (secondary N) is 1. The van der Waals surface area contributed by atoms with E-state index in [1.807, 2.05) is 19.1 Å².